The Morgan fingerprint density at radius 3 is 2.94 bits per heavy atom. The van der Waals surface area contributed by atoms with Gasteiger partial charge < -0.3 is 4.52 Å². The third-order valence-corrected chi connectivity index (χ3v) is 5.67. The van der Waals surface area contributed by atoms with Gasteiger partial charge >= 0.3 is 0 Å². The first-order valence-corrected chi connectivity index (χ1v) is 8.97. The summed E-state index contributed by atoms with van der Waals surface area (Å²) in [6, 6.07) is 1.62. The van der Waals surface area contributed by atoms with Crippen molar-refractivity contribution >= 4 is 21.8 Å². The van der Waals surface area contributed by atoms with Crippen LogP contribution in [0.1, 0.15) is 31.4 Å². The molecule has 2 rings (SSSR count). The van der Waals surface area contributed by atoms with Crippen molar-refractivity contribution in [3.63, 3.8) is 0 Å². The molecule has 0 saturated heterocycles. The Morgan fingerprint density at radius 1 is 1.50 bits per heavy atom. The molecule has 0 aromatic carbocycles. The molecule has 102 valence electrons. The highest BCUT2D eigenvalue weighted by Crippen LogP contribution is 2.27. The van der Waals surface area contributed by atoms with E-state index in [1.54, 1.807) is 17.8 Å². The molecule has 1 fully saturated rings. The number of aromatic nitrogens is 1. The molecule has 1 N–H and O–H groups in total. The summed E-state index contributed by atoms with van der Waals surface area (Å²) >= 11 is 1.74. The van der Waals surface area contributed by atoms with Crippen molar-refractivity contribution in [1.29, 1.82) is 0 Å². The van der Waals surface area contributed by atoms with E-state index in [0.29, 0.717) is 10.9 Å². The van der Waals surface area contributed by atoms with Gasteiger partial charge in [-0.1, -0.05) is 18.0 Å². The maximum atomic E-state index is 12.0. The van der Waals surface area contributed by atoms with Gasteiger partial charge in [-0.15, -0.1) is 0 Å². The highest BCUT2D eigenvalue weighted by Gasteiger charge is 2.28. The van der Waals surface area contributed by atoms with E-state index < -0.39 is 10.0 Å². The van der Waals surface area contributed by atoms with Crippen LogP contribution in [0.4, 0.5) is 0 Å². The molecule has 1 aromatic heterocycles. The van der Waals surface area contributed by atoms with Gasteiger partial charge in [-0.2, -0.15) is 11.8 Å². The summed E-state index contributed by atoms with van der Waals surface area (Å²) in [4.78, 5) is 0. The first-order valence-electron chi connectivity index (χ1n) is 6.03. The zero-order valence-electron chi connectivity index (χ0n) is 10.3. The second kappa shape index (κ2) is 6.08. The van der Waals surface area contributed by atoms with Crippen molar-refractivity contribution in [3.8, 4) is 0 Å². The monoisotopic (exact) mass is 290 g/mol. The van der Waals surface area contributed by atoms with Crippen LogP contribution < -0.4 is 4.72 Å². The molecule has 1 saturated carbocycles. The molecule has 1 aromatic rings. The van der Waals surface area contributed by atoms with E-state index in [4.69, 9.17) is 0 Å². The standard InChI is InChI=1S/C11H18N2O3S2/c1-17-11-5-3-2-4-10(11)13-18(14,15)8-9-6-7-16-12-9/h6-7,10-11,13H,2-5,8H2,1H3. The van der Waals surface area contributed by atoms with Crippen molar-refractivity contribution in [2.45, 2.75) is 42.7 Å². The Kier molecular flexibility index (Phi) is 4.69. The van der Waals surface area contributed by atoms with Crippen LogP contribution in [-0.2, 0) is 15.8 Å². The predicted molar refractivity (Wildman–Crippen MR) is 71.8 cm³/mol. The van der Waals surface area contributed by atoms with E-state index in [9.17, 15) is 8.42 Å². The molecule has 2 unspecified atom stereocenters. The predicted octanol–water partition coefficient (Wildman–Crippen LogP) is 1.77. The summed E-state index contributed by atoms with van der Waals surface area (Å²) in [6.07, 6.45) is 7.70. The van der Waals surface area contributed by atoms with Gasteiger partial charge in [-0.25, -0.2) is 13.1 Å². The molecule has 18 heavy (non-hydrogen) atoms. The number of rotatable bonds is 5. The van der Waals surface area contributed by atoms with Crippen molar-refractivity contribution in [2.24, 2.45) is 0 Å². The molecule has 7 heteroatoms. The van der Waals surface area contributed by atoms with Crippen molar-refractivity contribution in [3.05, 3.63) is 18.0 Å². The fourth-order valence-electron chi connectivity index (χ4n) is 2.29. The molecular weight excluding hydrogens is 272 g/mol. The van der Waals surface area contributed by atoms with Gasteiger partial charge in [0.25, 0.3) is 0 Å². The lowest BCUT2D eigenvalue weighted by Crippen LogP contribution is -2.44. The molecule has 0 amide bonds. The molecule has 2 atom stereocenters. The van der Waals surface area contributed by atoms with Crippen molar-refractivity contribution in [1.82, 2.24) is 9.88 Å². The highest BCUT2D eigenvalue weighted by atomic mass is 32.2. The van der Waals surface area contributed by atoms with Gasteiger partial charge in [0.05, 0.1) is 5.69 Å². The van der Waals surface area contributed by atoms with Gasteiger partial charge in [0, 0.05) is 17.4 Å². The van der Waals surface area contributed by atoms with Crippen LogP contribution in [0.15, 0.2) is 16.9 Å². The smallest absolute Gasteiger partial charge is 0.217 e. The number of nitrogens with zero attached hydrogens (tertiary/aromatic N) is 1. The van der Waals surface area contributed by atoms with Crippen LogP contribution in [0.2, 0.25) is 0 Å². The lowest BCUT2D eigenvalue weighted by atomic mass is 9.96. The quantitative estimate of drug-likeness (QED) is 0.894. The lowest BCUT2D eigenvalue weighted by molar-refractivity contribution is 0.411. The fraction of sp³-hybridized carbons (Fsp3) is 0.727. The third kappa shape index (κ3) is 3.73. The van der Waals surface area contributed by atoms with Crippen LogP contribution in [0.3, 0.4) is 0 Å². The Morgan fingerprint density at radius 2 is 2.28 bits per heavy atom. The Balaban J connectivity index is 1.98. The molecule has 0 spiro atoms. The van der Waals surface area contributed by atoms with E-state index in [0.717, 1.165) is 19.3 Å². The van der Waals surface area contributed by atoms with Crippen LogP contribution in [0.25, 0.3) is 0 Å². The minimum absolute atomic E-state index is 0.0469. The summed E-state index contributed by atoms with van der Waals surface area (Å²) in [5.74, 6) is -0.110. The minimum Gasteiger partial charge on any atom is -0.364 e. The number of nitrogens with one attached hydrogen (secondary N) is 1. The van der Waals surface area contributed by atoms with Gasteiger partial charge in [0.15, 0.2) is 0 Å². The summed E-state index contributed by atoms with van der Waals surface area (Å²) in [6.45, 7) is 0. The third-order valence-electron chi connectivity index (χ3n) is 3.17. The number of hydrogen-bond donors (Lipinski definition) is 1. The second-order valence-corrected chi connectivity index (χ2v) is 7.36. The van der Waals surface area contributed by atoms with E-state index >= 15 is 0 Å². The number of sulfonamides is 1. The Bertz CT molecular complexity index is 459. The summed E-state index contributed by atoms with van der Waals surface area (Å²) in [7, 11) is -3.33. The minimum atomic E-state index is -3.33. The Labute approximate surface area is 112 Å². The average Bonchev–Trinajstić information content (AvgIpc) is 2.81. The zero-order chi connectivity index (χ0) is 13.0. The molecule has 1 heterocycles. The summed E-state index contributed by atoms with van der Waals surface area (Å²) in [5.41, 5.74) is 0.444. The number of thioether (sulfide) groups is 1. The SMILES string of the molecule is CSC1CCCCC1NS(=O)(=O)Cc1ccon1. The average molecular weight is 290 g/mol. The number of hydrogen-bond acceptors (Lipinski definition) is 5. The first-order chi connectivity index (χ1) is 8.61. The molecule has 0 bridgehead atoms. The largest absolute Gasteiger partial charge is 0.364 e. The molecular formula is C11H18N2O3S2. The van der Waals surface area contributed by atoms with Crippen LogP contribution in [0, 0.1) is 0 Å². The van der Waals surface area contributed by atoms with Gasteiger partial charge in [-0.3, -0.25) is 0 Å². The second-order valence-electron chi connectivity index (χ2n) is 4.53. The van der Waals surface area contributed by atoms with Crippen molar-refractivity contribution < 1.29 is 12.9 Å². The molecule has 0 radical (unpaired) electrons. The molecule has 1 aliphatic carbocycles. The molecule has 5 nitrogen and oxygen atoms in total. The van der Waals surface area contributed by atoms with E-state index in [1.165, 1.54) is 12.7 Å². The van der Waals surface area contributed by atoms with Gasteiger partial charge in [0.1, 0.15) is 12.0 Å². The maximum absolute atomic E-state index is 12.0. The van der Waals surface area contributed by atoms with E-state index in [1.807, 2.05) is 6.26 Å². The van der Waals surface area contributed by atoms with E-state index in [2.05, 4.69) is 14.4 Å². The first kappa shape index (κ1) is 13.9. The maximum Gasteiger partial charge on any atom is 0.217 e. The highest BCUT2D eigenvalue weighted by molar-refractivity contribution is 7.99. The lowest BCUT2D eigenvalue weighted by Gasteiger charge is -2.30. The van der Waals surface area contributed by atoms with Crippen LogP contribution >= 0.6 is 11.8 Å². The summed E-state index contributed by atoms with van der Waals surface area (Å²) in [5, 5.41) is 4.01. The van der Waals surface area contributed by atoms with Crippen LogP contribution in [-0.4, -0.2) is 31.1 Å². The zero-order valence-corrected chi connectivity index (χ0v) is 12.0. The van der Waals surface area contributed by atoms with Gasteiger partial charge in [0.2, 0.25) is 10.0 Å². The fourth-order valence-corrected chi connectivity index (χ4v) is 4.68. The van der Waals surface area contributed by atoms with Gasteiger partial charge in [-0.05, 0) is 19.1 Å². The van der Waals surface area contributed by atoms with E-state index in [-0.39, 0.29) is 11.8 Å². The van der Waals surface area contributed by atoms with Crippen LogP contribution in [0.5, 0.6) is 0 Å². The topological polar surface area (TPSA) is 72.2 Å². The van der Waals surface area contributed by atoms with Crippen molar-refractivity contribution in [2.75, 3.05) is 6.26 Å². The molecule has 1 aliphatic rings. The molecule has 0 aliphatic heterocycles. The Hall–Kier alpha value is -0.530. The summed E-state index contributed by atoms with van der Waals surface area (Å²) < 4.78 is 31.5. The normalized spacial score (nSPS) is 25.2.